The summed E-state index contributed by atoms with van der Waals surface area (Å²) in [5.41, 5.74) is 5.39. The highest BCUT2D eigenvalue weighted by Crippen LogP contribution is 2.35. The van der Waals surface area contributed by atoms with E-state index in [0.29, 0.717) is 33.7 Å². The Balaban J connectivity index is 2.35. The van der Waals surface area contributed by atoms with Crippen LogP contribution in [0.4, 0.5) is 9.18 Å². The average Bonchev–Trinajstić information content (AvgIpc) is 2.67. The summed E-state index contributed by atoms with van der Waals surface area (Å²) in [4.78, 5) is 22.7. The minimum absolute atomic E-state index is 0.0150. The van der Waals surface area contributed by atoms with Crippen molar-refractivity contribution in [2.24, 2.45) is 5.73 Å². The lowest BCUT2D eigenvalue weighted by Crippen LogP contribution is -2.35. The first-order chi connectivity index (χ1) is 13.8. The highest BCUT2D eigenvalue weighted by molar-refractivity contribution is 9.10. The fourth-order valence-electron chi connectivity index (χ4n) is 2.30. The van der Waals surface area contributed by atoms with E-state index in [9.17, 15) is 19.2 Å². The zero-order valence-corrected chi connectivity index (χ0v) is 17.0. The molecule has 0 spiro atoms. The number of benzene rings is 2. The molecule has 9 heteroatoms. The van der Waals surface area contributed by atoms with Gasteiger partial charge in [-0.05, 0) is 36.8 Å². The number of nitrogens with one attached hydrogen (secondary N) is 1. The van der Waals surface area contributed by atoms with Crippen LogP contribution in [0.3, 0.4) is 0 Å². The molecule has 29 heavy (non-hydrogen) atoms. The summed E-state index contributed by atoms with van der Waals surface area (Å²) in [6.07, 6.45) is 1.27. The maximum absolute atomic E-state index is 13.8. The topological polar surface area (TPSA) is 114 Å². The summed E-state index contributed by atoms with van der Waals surface area (Å²) < 4.78 is 25.6. The van der Waals surface area contributed by atoms with Crippen LogP contribution in [0.2, 0.25) is 0 Å². The number of imide groups is 1. The molecule has 0 aliphatic carbocycles. The molecule has 0 bridgehead atoms. The Labute approximate surface area is 175 Å². The maximum Gasteiger partial charge on any atom is 0.319 e. The van der Waals surface area contributed by atoms with Crippen molar-refractivity contribution in [3.05, 3.63) is 63.4 Å². The standard InChI is InChI=1S/C20H17BrFN3O4/c1-2-28-17-8-13(7-14(10-23)19(26)25-20(24)27)15(21)9-18(17)29-11-12-5-3-4-6-16(12)22/h3-9H,2,11H2,1H3,(H3,24,25,26,27)/b14-7-. The van der Waals surface area contributed by atoms with Gasteiger partial charge in [0.1, 0.15) is 24.1 Å². The van der Waals surface area contributed by atoms with Gasteiger partial charge < -0.3 is 15.2 Å². The zero-order chi connectivity index (χ0) is 21.4. The van der Waals surface area contributed by atoms with E-state index in [4.69, 9.17) is 15.2 Å². The van der Waals surface area contributed by atoms with E-state index in [0.717, 1.165) is 0 Å². The SMILES string of the molecule is CCOc1cc(/C=C(/C#N)C(=O)NC(N)=O)c(Br)cc1OCc1ccccc1F. The van der Waals surface area contributed by atoms with Crippen molar-refractivity contribution < 1.29 is 23.5 Å². The molecule has 0 aliphatic heterocycles. The summed E-state index contributed by atoms with van der Waals surface area (Å²) >= 11 is 3.34. The first-order valence-corrected chi connectivity index (χ1v) is 9.20. The highest BCUT2D eigenvalue weighted by atomic mass is 79.9. The minimum Gasteiger partial charge on any atom is -0.490 e. The highest BCUT2D eigenvalue weighted by Gasteiger charge is 2.15. The molecule has 2 aromatic carbocycles. The van der Waals surface area contributed by atoms with Gasteiger partial charge in [-0.2, -0.15) is 5.26 Å². The molecule has 0 radical (unpaired) electrons. The van der Waals surface area contributed by atoms with E-state index >= 15 is 0 Å². The van der Waals surface area contributed by atoms with E-state index in [1.165, 1.54) is 12.1 Å². The smallest absolute Gasteiger partial charge is 0.319 e. The van der Waals surface area contributed by atoms with Gasteiger partial charge in [0.15, 0.2) is 11.5 Å². The van der Waals surface area contributed by atoms with Gasteiger partial charge in [-0.25, -0.2) is 9.18 Å². The van der Waals surface area contributed by atoms with Crippen LogP contribution < -0.4 is 20.5 Å². The van der Waals surface area contributed by atoms with Gasteiger partial charge in [0.05, 0.1) is 6.61 Å². The molecule has 2 aromatic rings. The normalized spacial score (nSPS) is 10.8. The number of hydrogen-bond donors (Lipinski definition) is 2. The number of primary amides is 1. The number of rotatable bonds is 7. The molecule has 0 saturated carbocycles. The van der Waals surface area contributed by atoms with Crippen LogP contribution in [0.25, 0.3) is 6.08 Å². The number of carbonyl (C=O) groups excluding carboxylic acids is 2. The van der Waals surface area contributed by atoms with Gasteiger partial charge in [-0.3, -0.25) is 10.1 Å². The van der Waals surface area contributed by atoms with Crippen molar-refractivity contribution in [2.75, 3.05) is 6.61 Å². The lowest BCUT2D eigenvalue weighted by Gasteiger charge is -2.14. The first-order valence-electron chi connectivity index (χ1n) is 8.40. The lowest BCUT2D eigenvalue weighted by atomic mass is 10.1. The second-order valence-electron chi connectivity index (χ2n) is 5.62. The third-order valence-electron chi connectivity index (χ3n) is 3.61. The molecule has 2 rings (SSSR count). The number of hydrogen-bond acceptors (Lipinski definition) is 5. The van der Waals surface area contributed by atoms with E-state index in [2.05, 4.69) is 15.9 Å². The van der Waals surface area contributed by atoms with Crippen LogP contribution in [0, 0.1) is 17.1 Å². The summed E-state index contributed by atoms with van der Waals surface area (Å²) in [7, 11) is 0. The number of amides is 3. The maximum atomic E-state index is 13.8. The quantitative estimate of drug-likeness (QED) is 0.482. The molecule has 7 nitrogen and oxygen atoms in total. The number of ether oxygens (including phenoxy) is 2. The Hall–Kier alpha value is -3.38. The fourth-order valence-corrected chi connectivity index (χ4v) is 2.73. The molecule has 3 N–H and O–H groups in total. The molecular formula is C20H17BrFN3O4. The third kappa shape index (κ3) is 6.05. The van der Waals surface area contributed by atoms with Gasteiger partial charge in [0.25, 0.3) is 5.91 Å². The van der Waals surface area contributed by atoms with Crippen LogP contribution in [0.1, 0.15) is 18.1 Å². The van der Waals surface area contributed by atoms with E-state index in [1.807, 2.05) is 5.32 Å². The number of carbonyl (C=O) groups is 2. The largest absolute Gasteiger partial charge is 0.490 e. The first kappa shape index (κ1) is 21.9. The monoisotopic (exact) mass is 461 g/mol. The van der Waals surface area contributed by atoms with Gasteiger partial charge >= 0.3 is 6.03 Å². The van der Waals surface area contributed by atoms with Crippen LogP contribution in [0.15, 0.2) is 46.4 Å². The summed E-state index contributed by atoms with van der Waals surface area (Å²) in [5.74, 6) is -0.627. The lowest BCUT2D eigenvalue weighted by molar-refractivity contribution is -0.115. The molecule has 0 heterocycles. The Morgan fingerprint density at radius 3 is 2.59 bits per heavy atom. The molecule has 0 atom stereocenters. The molecule has 0 unspecified atom stereocenters. The predicted octanol–water partition coefficient (Wildman–Crippen LogP) is 3.67. The Morgan fingerprint density at radius 1 is 1.28 bits per heavy atom. The molecule has 0 fully saturated rings. The Bertz CT molecular complexity index is 1000. The number of nitriles is 1. The average molecular weight is 462 g/mol. The van der Waals surface area contributed by atoms with Crippen LogP contribution >= 0.6 is 15.9 Å². The van der Waals surface area contributed by atoms with Crippen molar-refractivity contribution in [1.82, 2.24) is 5.32 Å². The van der Waals surface area contributed by atoms with E-state index in [1.54, 1.807) is 43.3 Å². The van der Waals surface area contributed by atoms with E-state index < -0.39 is 11.9 Å². The van der Waals surface area contributed by atoms with Crippen LogP contribution in [0.5, 0.6) is 11.5 Å². The molecular weight excluding hydrogens is 445 g/mol. The predicted molar refractivity (Wildman–Crippen MR) is 107 cm³/mol. The van der Waals surface area contributed by atoms with Gasteiger partial charge in [0, 0.05) is 10.0 Å². The number of nitrogens with two attached hydrogens (primary N) is 1. The summed E-state index contributed by atoms with van der Waals surface area (Å²) in [6.45, 7) is 2.09. The molecule has 0 aromatic heterocycles. The molecule has 0 aliphatic rings. The van der Waals surface area contributed by atoms with Crippen molar-refractivity contribution in [1.29, 1.82) is 5.26 Å². The fraction of sp³-hybridized carbons (Fsp3) is 0.150. The van der Waals surface area contributed by atoms with Crippen LogP contribution in [-0.4, -0.2) is 18.5 Å². The van der Waals surface area contributed by atoms with Crippen molar-refractivity contribution in [3.63, 3.8) is 0 Å². The van der Waals surface area contributed by atoms with Crippen LogP contribution in [-0.2, 0) is 11.4 Å². The molecule has 150 valence electrons. The second-order valence-corrected chi connectivity index (χ2v) is 6.48. The van der Waals surface area contributed by atoms with Crippen molar-refractivity contribution >= 4 is 33.9 Å². The van der Waals surface area contributed by atoms with Crippen molar-refractivity contribution in [3.8, 4) is 17.6 Å². The van der Waals surface area contributed by atoms with Crippen molar-refractivity contribution in [2.45, 2.75) is 13.5 Å². The number of nitrogens with zero attached hydrogens (tertiary/aromatic N) is 1. The minimum atomic E-state index is -1.07. The second kappa shape index (κ2) is 10.2. The Kier molecular flexibility index (Phi) is 7.74. The molecule has 3 amide bonds. The number of urea groups is 1. The summed E-state index contributed by atoms with van der Waals surface area (Å²) in [5, 5.41) is 11.0. The zero-order valence-electron chi connectivity index (χ0n) is 15.4. The molecule has 0 saturated heterocycles. The van der Waals surface area contributed by atoms with E-state index in [-0.39, 0.29) is 18.0 Å². The third-order valence-corrected chi connectivity index (χ3v) is 4.29. The summed E-state index contributed by atoms with van der Waals surface area (Å²) in [6, 6.07) is 10.0. The number of halogens is 2. The van der Waals surface area contributed by atoms with Gasteiger partial charge in [-0.1, -0.05) is 34.1 Å². The van der Waals surface area contributed by atoms with Gasteiger partial charge in [0.2, 0.25) is 0 Å². The Morgan fingerprint density at radius 2 is 1.97 bits per heavy atom. The van der Waals surface area contributed by atoms with Gasteiger partial charge in [-0.15, -0.1) is 0 Å².